The first-order chi connectivity index (χ1) is 9.74. The molecular weight excluding hydrogens is 316 g/mol. The summed E-state index contributed by atoms with van der Waals surface area (Å²) in [5.74, 6) is 0.161. The zero-order chi connectivity index (χ0) is 13.9. The molecule has 3 nitrogen and oxygen atoms in total. The van der Waals surface area contributed by atoms with Crippen LogP contribution in [-0.4, -0.2) is 17.3 Å². The molecule has 0 bridgehead atoms. The lowest BCUT2D eigenvalue weighted by Crippen LogP contribution is -2.25. The van der Waals surface area contributed by atoms with Crippen LogP contribution in [-0.2, 0) is 4.79 Å². The Hall–Kier alpha value is -1.81. The fraction of sp³-hybridized carbons (Fsp3) is 0.188. The number of rotatable bonds is 3. The number of benzene rings is 2. The van der Waals surface area contributed by atoms with Gasteiger partial charge in [0, 0.05) is 23.5 Å². The minimum absolute atomic E-state index is 0.161. The van der Waals surface area contributed by atoms with E-state index in [1.807, 2.05) is 59.5 Å². The second-order valence-corrected chi connectivity index (χ2v) is 6.11. The van der Waals surface area contributed by atoms with E-state index < -0.39 is 0 Å². The Kier molecular flexibility index (Phi) is 3.74. The van der Waals surface area contributed by atoms with Gasteiger partial charge in [0.05, 0.1) is 11.4 Å². The van der Waals surface area contributed by atoms with Gasteiger partial charge in [-0.1, -0.05) is 46.3 Å². The normalized spacial score (nSPS) is 18.4. The number of nitrogens with zero attached hydrogens (tertiary/aromatic N) is 1. The van der Waals surface area contributed by atoms with Crippen LogP contribution >= 0.6 is 15.9 Å². The largest absolute Gasteiger partial charge is 0.354 e. The molecule has 1 N–H and O–H groups in total. The van der Waals surface area contributed by atoms with Gasteiger partial charge in [0.25, 0.3) is 0 Å². The summed E-state index contributed by atoms with van der Waals surface area (Å²) in [6.07, 6.45) is 0.555. The van der Waals surface area contributed by atoms with E-state index in [1.165, 1.54) is 0 Å². The molecule has 0 aliphatic carbocycles. The average Bonchev–Trinajstić information content (AvgIpc) is 2.79. The number of hydrogen-bond donors (Lipinski definition) is 1. The van der Waals surface area contributed by atoms with Crippen LogP contribution in [0.2, 0.25) is 0 Å². The van der Waals surface area contributed by atoms with Gasteiger partial charge in [0.2, 0.25) is 5.91 Å². The molecule has 0 radical (unpaired) electrons. The van der Waals surface area contributed by atoms with Gasteiger partial charge in [-0.25, -0.2) is 0 Å². The van der Waals surface area contributed by atoms with Gasteiger partial charge in [0.1, 0.15) is 0 Å². The molecule has 1 heterocycles. The third kappa shape index (κ3) is 2.70. The molecule has 102 valence electrons. The Balaban J connectivity index is 1.91. The smallest absolute Gasteiger partial charge is 0.228 e. The summed E-state index contributed by atoms with van der Waals surface area (Å²) < 4.78 is 0. The Morgan fingerprint density at radius 3 is 2.45 bits per heavy atom. The molecule has 1 aliphatic rings. The van der Waals surface area contributed by atoms with Gasteiger partial charge >= 0.3 is 0 Å². The summed E-state index contributed by atoms with van der Waals surface area (Å²) >= 11 is 3.52. The van der Waals surface area contributed by atoms with Crippen molar-refractivity contribution in [1.29, 1.82) is 0 Å². The van der Waals surface area contributed by atoms with Crippen LogP contribution in [0.1, 0.15) is 6.42 Å². The maximum Gasteiger partial charge on any atom is 0.228 e. The van der Waals surface area contributed by atoms with E-state index >= 15 is 0 Å². The standard InChI is InChI=1S/C16H15BrN2O/c17-12-10-16(20)19(11-12)15-9-5-4-8-14(15)18-13-6-2-1-3-7-13/h1-9,12,18H,10-11H2. The van der Waals surface area contributed by atoms with Crippen molar-refractivity contribution in [3.63, 3.8) is 0 Å². The summed E-state index contributed by atoms with van der Waals surface area (Å²) in [5.41, 5.74) is 2.90. The molecular formula is C16H15BrN2O. The van der Waals surface area contributed by atoms with Gasteiger partial charge in [-0.05, 0) is 24.3 Å². The van der Waals surface area contributed by atoms with Crippen LogP contribution in [0.4, 0.5) is 17.1 Å². The van der Waals surface area contributed by atoms with Crippen molar-refractivity contribution in [3.05, 3.63) is 54.6 Å². The molecule has 3 rings (SSSR count). The van der Waals surface area contributed by atoms with Crippen molar-refractivity contribution in [2.45, 2.75) is 11.2 Å². The summed E-state index contributed by atoms with van der Waals surface area (Å²) in [6, 6.07) is 17.9. The first-order valence-corrected chi connectivity index (χ1v) is 7.51. The molecule has 20 heavy (non-hydrogen) atoms. The molecule has 1 aliphatic heterocycles. The monoisotopic (exact) mass is 330 g/mol. The fourth-order valence-electron chi connectivity index (χ4n) is 2.39. The van der Waals surface area contributed by atoms with Crippen LogP contribution in [0.25, 0.3) is 0 Å². The molecule has 1 saturated heterocycles. The highest BCUT2D eigenvalue weighted by atomic mass is 79.9. The maximum absolute atomic E-state index is 12.1. The molecule has 1 atom stereocenters. The first kappa shape index (κ1) is 13.2. The van der Waals surface area contributed by atoms with Crippen LogP contribution in [0.5, 0.6) is 0 Å². The lowest BCUT2D eigenvalue weighted by atomic mass is 10.2. The van der Waals surface area contributed by atoms with E-state index in [0.717, 1.165) is 17.1 Å². The highest BCUT2D eigenvalue weighted by molar-refractivity contribution is 9.09. The second kappa shape index (κ2) is 5.67. The summed E-state index contributed by atoms with van der Waals surface area (Å²) in [4.78, 5) is 14.1. The van der Waals surface area contributed by atoms with Crippen LogP contribution in [0, 0.1) is 0 Å². The van der Waals surface area contributed by atoms with Crippen molar-refractivity contribution < 1.29 is 4.79 Å². The number of alkyl halides is 1. The minimum atomic E-state index is 0.161. The number of amides is 1. The van der Waals surface area contributed by atoms with Crippen molar-refractivity contribution in [3.8, 4) is 0 Å². The van der Waals surface area contributed by atoms with Crippen LogP contribution in [0.3, 0.4) is 0 Å². The Morgan fingerprint density at radius 1 is 1.05 bits per heavy atom. The third-order valence-electron chi connectivity index (χ3n) is 3.33. The van der Waals surface area contributed by atoms with Gasteiger partial charge in [-0.15, -0.1) is 0 Å². The van der Waals surface area contributed by atoms with E-state index in [0.29, 0.717) is 13.0 Å². The number of carbonyl (C=O) groups is 1. The molecule has 1 fully saturated rings. The Morgan fingerprint density at radius 2 is 1.75 bits per heavy atom. The van der Waals surface area contributed by atoms with Crippen LogP contribution in [0.15, 0.2) is 54.6 Å². The van der Waals surface area contributed by atoms with Gasteiger partial charge in [-0.2, -0.15) is 0 Å². The van der Waals surface area contributed by atoms with E-state index in [9.17, 15) is 4.79 Å². The summed E-state index contributed by atoms with van der Waals surface area (Å²) in [6.45, 7) is 0.715. The lowest BCUT2D eigenvalue weighted by Gasteiger charge is -2.20. The minimum Gasteiger partial charge on any atom is -0.354 e. The second-order valence-electron chi connectivity index (χ2n) is 4.81. The Labute approximate surface area is 126 Å². The van der Waals surface area contributed by atoms with E-state index in [-0.39, 0.29) is 10.7 Å². The summed E-state index contributed by atoms with van der Waals surface area (Å²) in [5, 5.41) is 3.38. The lowest BCUT2D eigenvalue weighted by molar-refractivity contribution is -0.117. The molecule has 0 saturated carbocycles. The molecule has 0 spiro atoms. The molecule has 1 unspecified atom stereocenters. The fourth-order valence-corrected chi connectivity index (χ4v) is 2.96. The zero-order valence-corrected chi connectivity index (χ0v) is 12.5. The molecule has 0 aromatic heterocycles. The SMILES string of the molecule is O=C1CC(Br)CN1c1ccccc1Nc1ccccc1. The third-order valence-corrected chi connectivity index (χ3v) is 3.94. The highest BCUT2D eigenvalue weighted by Crippen LogP contribution is 2.32. The zero-order valence-electron chi connectivity index (χ0n) is 10.9. The van der Waals surface area contributed by atoms with Crippen molar-refractivity contribution in [2.24, 2.45) is 0 Å². The Bertz CT molecular complexity index is 615. The molecule has 1 amide bonds. The number of halogens is 1. The van der Waals surface area contributed by atoms with Gasteiger partial charge in [-0.3, -0.25) is 4.79 Å². The molecule has 4 heteroatoms. The summed E-state index contributed by atoms with van der Waals surface area (Å²) in [7, 11) is 0. The van der Waals surface area contributed by atoms with E-state index in [4.69, 9.17) is 0 Å². The number of nitrogens with one attached hydrogen (secondary N) is 1. The van der Waals surface area contributed by atoms with Crippen molar-refractivity contribution in [2.75, 3.05) is 16.8 Å². The number of para-hydroxylation sites is 3. The number of anilines is 3. The number of hydrogen-bond acceptors (Lipinski definition) is 2. The molecule has 2 aromatic carbocycles. The van der Waals surface area contributed by atoms with Crippen molar-refractivity contribution >= 4 is 38.9 Å². The number of carbonyl (C=O) groups excluding carboxylic acids is 1. The highest BCUT2D eigenvalue weighted by Gasteiger charge is 2.29. The maximum atomic E-state index is 12.1. The quantitative estimate of drug-likeness (QED) is 0.865. The predicted molar refractivity (Wildman–Crippen MR) is 85.9 cm³/mol. The first-order valence-electron chi connectivity index (χ1n) is 6.59. The van der Waals surface area contributed by atoms with Crippen molar-refractivity contribution in [1.82, 2.24) is 0 Å². The van der Waals surface area contributed by atoms with E-state index in [1.54, 1.807) is 0 Å². The average molecular weight is 331 g/mol. The predicted octanol–water partition coefficient (Wildman–Crippen LogP) is 3.93. The van der Waals surface area contributed by atoms with E-state index in [2.05, 4.69) is 21.2 Å². The van der Waals surface area contributed by atoms with Gasteiger partial charge < -0.3 is 10.2 Å². The molecule has 2 aromatic rings. The van der Waals surface area contributed by atoms with Crippen LogP contribution < -0.4 is 10.2 Å². The van der Waals surface area contributed by atoms with Gasteiger partial charge in [0.15, 0.2) is 0 Å². The topological polar surface area (TPSA) is 32.3 Å².